The maximum atomic E-state index is 5.46. The van der Waals surface area contributed by atoms with E-state index in [4.69, 9.17) is 9.97 Å². The van der Waals surface area contributed by atoms with Gasteiger partial charge >= 0.3 is 0 Å². The predicted molar refractivity (Wildman–Crippen MR) is 274 cm³/mol. The number of rotatable bonds is 6. The van der Waals surface area contributed by atoms with Crippen LogP contribution in [-0.2, 0) is 0 Å². The number of hydrogen-bond donors (Lipinski definition) is 0. The van der Waals surface area contributed by atoms with Gasteiger partial charge in [0.15, 0.2) is 0 Å². The molecule has 0 spiro atoms. The van der Waals surface area contributed by atoms with Crippen molar-refractivity contribution in [3.8, 4) is 61.6 Å². The minimum atomic E-state index is 0.853. The second-order valence-corrected chi connectivity index (χ2v) is 16.9. The zero-order valence-corrected chi connectivity index (χ0v) is 35.4. The first-order chi connectivity index (χ1) is 32.2. The third-order valence-corrected chi connectivity index (χ3v) is 13.2. The number of aromatic nitrogens is 3. The minimum absolute atomic E-state index is 0.853. The van der Waals surface area contributed by atoms with Crippen LogP contribution >= 0.6 is 0 Å². The van der Waals surface area contributed by atoms with E-state index in [1.165, 1.54) is 65.6 Å². The molecule has 0 fully saturated rings. The molecule has 302 valence electrons. The van der Waals surface area contributed by atoms with E-state index in [1.807, 2.05) is 12.1 Å². The standard InChI is InChI=1S/C62H39N3/c1-3-16-40(17-4-1)41-32-34-42(35-33-41)45-21-13-22-46(38-45)61-62(64-55-30-12-11-29-54(55)63-61)52-28-14-27-50-48(52)26-15-31-56(50)65-57-37-36-44-20-7-8-23-47(44)59(57)60-51-25-10-9-24-49(51)53(39-58(60)65)43-18-5-2-6-19-43/h1-39H. The molecule has 11 aromatic carbocycles. The Morgan fingerprint density at radius 1 is 0.277 bits per heavy atom. The molecule has 0 amide bonds. The van der Waals surface area contributed by atoms with Crippen LogP contribution in [0, 0.1) is 0 Å². The topological polar surface area (TPSA) is 30.7 Å². The molecular formula is C62H39N3. The van der Waals surface area contributed by atoms with Crippen molar-refractivity contribution in [1.29, 1.82) is 0 Å². The van der Waals surface area contributed by atoms with Crippen LogP contribution in [0.5, 0.6) is 0 Å². The average molecular weight is 826 g/mol. The van der Waals surface area contributed by atoms with Gasteiger partial charge in [-0.05, 0) is 96.7 Å². The fourth-order valence-electron chi connectivity index (χ4n) is 10.2. The highest BCUT2D eigenvalue weighted by molar-refractivity contribution is 6.30. The molecule has 0 aliphatic heterocycles. The lowest BCUT2D eigenvalue weighted by atomic mass is 9.94. The fourth-order valence-corrected chi connectivity index (χ4v) is 10.2. The van der Waals surface area contributed by atoms with Gasteiger partial charge in [0.1, 0.15) is 0 Å². The number of fused-ring (bicyclic) bond motifs is 9. The summed E-state index contributed by atoms with van der Waals surface area (Å²) in [6, 6.07) is 85.2. The largest absolute Gasteiger partial charge is 0.309 e. The van der Waals surface area contributed by atoms with Gasteiger partial charge in [0.05, 0.1) is 39.1 Å². The van der Waals surface area contributed by atoms with E-state index in [9.17, 15) is 0 Å². The van der Waals surface area contributed by atoms with Crippen molar-refractivity contribution < 1.29 is 0 Å². The van der Waals surface area contributed by atoms with Crippen molar-refractivity contribution in [2.24, 2.45) is 0 Å². The van der Waals surface area contributed by atoms with Crippen LogP contribution in [-0.4, -0.2) is 14.5 Å². The second-order valence-electron chi connectivity index (χ2n) is 16.9. The van der Waals surface area contributed by atoms with Crippen molar-refractivity contribution in [3.63, 3.8) is 0 Å². The molecule has 0 radical (unpaired) electrons. The normalized spacial score (nSPS) is 11.7. The number of hydrogen-bond acceptors (Lipinski definition) is 2. The molecule has 0 unspecified atom stereocenters. The Balaban J connectivity index is 1.04. The quantitative estimate of drug-likeness (QED) is 0.167. The Bertz CT molecular complexity index is 3980. The molecule has 65 heavy (non-hydrogen) atoms. The van der Waals surface area contributed by atoms with Gasteiger partial charge < -0.3 is 4.57 Å². The van der Waals surface area contributed by atoms with Gasteiger partial charge in [-0.15, -0.1) is 0 Å². The third kappa shape index (κ3) is 6.05. The summed E-state index contributed by atoms with van der Waals surface area (Å²) < 4.78 is 2.50. The first-order valence-electron chi connectivity index (χ1n) is 22.2. The van der Waals surface area contributed by atoms with Gasteiger partial charge in [-0.1, -0.05) is 200 Å². The first-order valence-corrected chi connectivity index (χ1v) is 22.2. The van der Waals surface area contributed by atoms with E-state index in [-0.39, 0.29) is 0 Å². The first kappa shape index (κ1) is 36.9. The molecule has 3 heteroatoms. The van der Waals surface area contributed by atoms with Crippen molar-refractivity contribution >= 4 is 65.2 Å². The van der Waals surface area contributed by atoms with Gasteiger partial charge in [0.2, 0.25) is 0 Å². The van der Waals surface area contributed by atoms with Crippen LogP contribution in [0.25, 0.3) is 127 Å². The summed E-state index contributed by atoms with van der Waals surface area (Å²) in [5, 5.41) is 9.74. The summed E-state index contributed by atoms with van der Waals surface area (Å²) in [6.07, 6.45) is 0. The molecule has 13 aromatic rings. The Morgan fingerprint density at radius 2 is 0.800 bits per heavy atom. The third-order valence-electron chi connectivity index (χ3n) is 13.2. The lowest BCUT2D eigenvalue weighted by molar-refractivity contribution is 1.20. The van der Waals surface area contributed by atoms with E-state index in [0.29, 0.717) is 0 Å². The highest BCUT2D eigenvalue weighted by atomic mass is 15.0. The summed E-state index contributed by atoms with van der Waals surface area (Å²) in [4.78, 5) is 10.9. The SMILES string of the molecule is c1ccc(-c2ccc(-c3cccc(-c4nc5ccccc5nc4-c4cccc5c(-n6c7ccc8ccccc8c7c7c8ccccc8c(-c8ccccc8)cc76)cccc45)c3)cc2)cc1. The molecule has 2 heterocycles. The molecule has 0 saturated heterocycles. The molecule has 2 aromatic heterocycles. The molecule has 13 rings (SSSR count). The molecule has 0 saturated carbocycles. The number of benzene rings is 11. The smallest absolute Gasteiger partial charge is 0.0979 e. The van der Waals surface area contributed by atoms with Crippen LogP contribution in [0.15, 0.2) is 237 Å². The Kier molecular flexibility index (Phi) is 8.53. The van der Waals surface area contributed by atoms with E-state index >= 15 is 0 Å². The van der Waals surface area contributed by atoms with E-state index in [0.717, 1.165) is 61.1 Å². The van der Waals surface area contributed by atoms with Gasteiger partial charge in [0.25, 0.3) is 0 Å². The van der Waals surface area contributed by atoms with Gasteiger partial charge in [-0.25, -0.2) is 9.97 Å². The van der Waals surface area contributed by atoms with Gasteiger partial charge in [0, 0.05) is 27.3 Å². The highest BCUT2D eigenvalue weighted by Crippen LogP contribution is 2.46. The summed E-state index contributed by atoms with van der Waals surface area (Å²) in [7, 11) is 0. The lowest BCUT2D eigenvalue weighted by Gasteiger charge is -2.17. The second kappa shape index (κ2) is 15.0. The maximum Gasteiger partial charge on any atom is 0.0979 e. The summed E-state index contributed by atoms with van der Waals surface area (Å²) >= 11 is 0. The molecule has 3 nitrogen and oxygen atoms in total. The van der Waals surface area contributed by atoms with Crippen molar-refractivity contribution in [3.05, 3.63) is 237 Å². The maximum absolute atomic E-state index is 5.46. The monoisotopic (exact) mass is 825 g/mol. The molecular weight excluding hydrogens is 787 g/mol. The highest BCUT2D eigenvalue weighted by Gasteiger charge is 2.22. The summed E-state index contributed by atoms with van der Waals surface area (Å²) in [5.41, 5.74) is 16.1. The van der Waals surface area contributed by atoms with Gasteiger partial charge in [-0.3, -0.25) is 0 Å². The van der Waals surface area contributed by atoms with Gasteiger partial charge in [-0.2, -0.15) is 0 Å². The Hall–Kier alpha value is -8.66. The molecule has 0 bridgehead atoms. The van der Waals surface area contributed by atoms with Crippen LogP contribution in [0.2, 0.25) is 0 Å². The summed E-state index contributed by atoms with van der Waals surface area (Å²) in [5.74, 6) is 0. The van der Waals surface area contributed by atoms with Crippen LogP contribution in [0.4, 0.5) is 0 Å². The lowest BCUT2D eigenvalue weighted by Crippen LogP contribution is -1.99. The molecule has 0 aliphatic rings. The van der Waals surface area contributed by atoms with Crippen LogP contribution < -0.4 is 0 Å². The molecule has 0 aliphatic carbocycles. The zero-order chi connectivity index (χ0) is 42.8. The van der Waals surface area contributed by atoms with Crippen molar-refractivity contribution in [1.82, 2.24) is 14.5 Å². The molecule has 0 N–H and O–H groups in total. The summed E-state index contributed by atoms with van der Waals surface area (Å²) in [6.45, 7) is 0. The predicted octanol–water partition coefficient (Wildman–Crippen LogP) is 16.5. The van der Waals surface area contributed by atoms with Crippen LogP contribution in [0.1, 0.15) is 0 Å². The number of nitrogens with zero attached hydrogens (tertiary/aromatic N) is 3. The zero-order valence-electron chi connectivity index (χ0n) is 35.4. The average Bonchev–Trinajstić information content (AvgIpc) is 3.73. The van der Waals surface area contributed by atoms with E-state index < -0.39 is 0 Å². The van der Waals surface area contributed by atoms with E-state index in [1.54, 1.807) is 0 Å². The number of para-hydroxylation sites is 2. The molecule has 0 atom stereocenters. The van der Waals surface area contributed by atoms with Crippen molar-refractivity contribution in [2.75, 3.05) is 0 Å². The van der Waals surface area contributed by atoms with E-state index in [2.05, 4.69) is 229 Å². The van der Waals surface area contributed by atoms with Crippen molar-refractivity contribution in [2.45, 2.75) is 0 Å². The Labute approximate surface area is 376 Å². The van der Waals surface area contributed by atoms with Crippen LogP contribution in [0.3, 0.4) is 0 Å². The minimum Gasteiger partial charge on any atom is -0.309 e. The Morgan fingerprint density at radius 3 is 1.58 bits per heavy atom. The fraction of sp³-hybridized carbons (Fsp3) is 0.